The maximum Gasteiger partial charge on any atom is 0.249 e. The normalized spacial score (nSPS) is 22.7. The molecule has 0 aromatic heterocycles. The first-order chi connectivity index (χ1) is 24.8. The molecule has 8 unspecified atom stereocenters. The zero-order valence-corrected chi connectivity index (χ0v) is 32.5. The topological polar surface area (TPSA) is 169 Å². The number of rotatable bonds is 34. The van der Waals surface area contributed by atoms with E-state index < -0.39 is 61.5 Å². The number of hydrogen-bond acceptors (Lipinski definition) is 9. The smallest absolute Gasteiger partial charge is 0.249 e. The predicted octanol–water partition coefficient (Wildman–Crippen LogP) is 6.75. The molecule has 1 saturated heterocycles. The SMILES string of the molecule is CCCC/C=C\CCCCCC(O)C(=O)NC(COC1OC(CO)C(O)C(O)C1O)C(O)CCCCCCCCCCCCCCCCCCC. The first-order valence-corrected chi connectivity index (χ1v) is 21.0. The van der Waals surface area contributed by atoms with Crippen LogP contribution in [0.4, 0.5) is 0 Å². The number of allylic oxidation sites excluding steroid dienone is 2. The summed E-state index contributed by atoms with van der Waals surface area (Å²) >= 11 is 0. The van der Waals surface area contributed by atoms with Crippen LogP contribution < -0.4 is 5.32 Å². The molecule has 0 spiro atoms. The van der Waals surface area contributed by atoms with Crippen molar-refractivity contribution in [3.8, 4) is 0 Å². The Morgan fingerprint density at radius 2 is 1.12 bits per heavy atom. The lowest BCUT2D eigenvalue weighted by Gasteiger charge is -2.40. The minimum Gasteiger partial charge on any atom is -0.394 e. The van der Waals surface area contributed by atoms with E-state index in [2.05, 4.69) is 31.3 Å². The van der Waals surface area contributed by atoms with Gasteiger partial charge in [-0.1, -0.05) is 161 Å². The highest BCUT2D eigenvalue weighted by atomic mass is 16.7. The fourth-order valence-corrected chi connectivity index (χ4v) is 6.68. The summed E-state index contributed by atoms with van der Waals surface area (Å²) in [5.74, 6) is -0.599. The van der Waals surface area contributed by atoms with Crippen LogP contribution in [0.25, 0.3) is 0 Å². The molecule has 1 amide bonds. The van der Waals surface area contributed by atoms with Crippen LogP contribution in [0.3, 0.4) is 0 Å². The molecule has 10 nitrogen and oxygen atoms in total. The number of carbonyl (C=O) groups is 1. The second-order valence-electron chi connectivity index (χ2n) is 14.9. The average molecular weight is 730 g/mol. The van der Waals surface area contributed by atoms with Crippen LogP contribution in [-0.4, -0.2) is 98.7 Å². The standard InChI is InChI=1S/C41H79NO9/c1-3-5-7-9-11-13-14-15-16-17-18-19-20-22-23-25-27-29-34(44)33(32-50-41-39(48)38(47)37(46)36(31-43)51-41)42-40(49)35(45)30-28-26-24-21-12-10-8-6-4-2/h10,12,33-39,41,43-48H,3-9,11,13-32H2,1-2H3,(H,42,49)/b12-10-. The number of aliphatic hydroxyl groups is 6. The van der Waals surface area contributed by atoms with E-state index in [9.17, 15) is 35.4 Å². The number of amides is 1. The van der Waals surface area contributed by atoms with Crippen LogP contribution in [0.1, 0.15) is 181 Å². The summed E-state index contributed by atoms with van der Waals surface area (Å²) in [7, 11) is 0. The molecular weight excluding hydrogens is 650 g/mol. The van der Waals surface area contributed by atoms with Gasteiger partial charge in [0.15, 0.2) is 6.29 Å². The molecule has 302 valence electrons. The molecule has 51 heavy (non-hydrogen) atoms. The molecule has 1 rings (SSSR count). The molecule has 1 aliphatic rings. The minimum absolute atomic E-state index is 0.258. The molecule has 1 fully saturated rings. The number of carbonyl (C=O) groups excluding carboxylic acids is 1. The van der Waals surface area contributed by atoms with E-state index in [1.807, 2.05) is 0 Å². The molecule has 0 radical (unpaired) electrons. The van der Waals surface area contributed by atoms with Gasteiger partial charge in [0.2, 0.25) is 5.91 Å². The lowest BCUT2D eigenvalue weighted by atomic mass is 9.99. The number of nitrogens with one attached hydrogen (secondary N) is 1. The van der Waals surface area contributed by atoms with Crippen LogP contribution in [0.15, 0.2) is 12.2 Å². The zero-order chi connectivity index (χ0) is 37.5. The van der Waals surface area contributed by atoms with Crippen LogP contribution in [0, 0.1) is 0 Å². The van der Waals surface area contributed by atoms with Crippen molar-refractivity contribution in [2.24, 2.45) is 0 Å². The Balaban J connectivity index is 2.42. The van der Waals surface area contributed by atoms with Crippen molar-refractivity contribution in [1.82, 2.24) is 5.32 Å². The highest BCUT2D eigenvalue weighted by Crippen LogP contribution is 2.23. The molecule has 0 aliphatic carbocycles. The number of unbranched alkanes of at least 4 members (excludes halogenated alkanes) is 21. The fourth-order valence-electron chi connectivity index (χ4n) is 6.68. The van der Waals surface area contributed by atoms with Crippen LogP contribution in [0.2, 0.25) is 0 Å². The Morgan fingerprint density at radius 1 is 0.647 bits per heavy atom. The quantitative estimate of drug-likeness (QED) is 0.0280. The van der Waals surface area contributed by atoms with Crippen molar-refractivity contribution < 1.29 is 44.9 Å². The van der Waals surface area contributed by atoms with Gasteiger partial charge in [-0.3, -0.25) is 4.79 Å². The van der Waals surface area contributed by atoms with Gasteiger partial charge in [0, 0.05) is 0 Å². The summed E-state index contributed by atoms with van der Waals surface area (Å²) in [4.78, 5) is 12.9. The summed E-state index contributed by atoms with van der Waals surface area (Å²) in [5.41, 5.74) is 0. The predicted molar refractivity (Wildman–Crippen MR) is 204 cm³/mol. The molecule has 0 saturated carbocycles. The van der Waals surface area contributed by atoms with E-state index in [1.54, 1.807) is 0 Å². The van der Waals surface area contributed by atoms with Gasteiger partial charge >= 0.3 is 0 Å². The monoisotopic (exact) mass is 730 g/mol. The third kappa shape index (κ3) is 23.3. The van der Waals surface area contributed by atoms with Crippen molar-refractivity contribution in [3.05, 3.63) is 12.2 Å². The van der Waals surface area contributed by atoms with Gasteiger partial charge in [0.1, 0.15) is 30.5 Å². The van der Waals surface area contributed by atoms with E-state index in [1.165, 1.54) is 96.3 Å². The van der Waals surface area contributed by atoms with Crippen LogP contribution in [-0.2, 0) is 14.3 Å². The largest absolute Gasteiger partial charge is 0.394 e. The molecule has 0 aromatic rings. The Bertz CT molecular complexity index is 829. The molecule has 1 aliphatic heterocycles. The van der Waals surface area contributed by atoms with Gasteiger partial charge in [-0.25, -0.2) is 0 Å². The second-order valence-corrected chi connectivity index (χ2v) is 14.9. The van der Waals surface area contributed by atoms with E-state index >= 15 is 0 Å². The van der Waals surface area contributed by atoms with E-state index in [4.69, 9.17) is 9.47 Å². The Labute approximate surface area is 310 Å². The molecule has 8 atom stereocenters. The molecule has 1 heterocycles. The van der Waals surface area contributed by atoms with Crippen molar-refractivity contribution in [1.29, 1.82) is 0 Å². The third-order valence-corrected chi connectivity index (χ3v) is 10.2. The van der Waals surface area contributed by atoms with Gasteiger partial charge in [0.05, 0.1) is 25.4 Å². The molecule has 7 N–H and O–H groups in total. The van der Waals surface area contributed by atoms with Gasteiger partial charge < -0.3 is 45.4 Å². The molecule has 0 aromatic carbocycles. The zero-order valence-electron chi connectivity index (χ0n) is 32.5. The van der Waals surface area contributed by atoms with Crippen molar-refractivity contribution in [2.45, 2.75) is 230 Å². The minimum atomic E-state index is -1.59. The fraction of sp³-hybridized carbons (Fsp3) is 0.927. The van der Waals surface area contributed by atoms with Crippen molar-refractivity contribution in [2.75, 3.05) is 13.2 Å². The molecule has 0 bridgehead atoms. The van der Waals surface area contributed by atoms with Crippen LogP contribution >= 0.6 is 0 Å². The van der Waals surface area contributed by atoms with E-state index in [0.29, 0.717) is 19.3 Å². The first kappa shape index (κ1) is 47.9. The lowest BCUT2D eigenvalue weighted by molar-refractivity contribution is -0.302. The highest BCUT2D eigenvalue weighted by Gasteiger charge is 2.44. The van der Waals surface area contributed by atoms with Crippen molar-refractivity contribution in [3.63, 3.8) is 0 Å². The Morgan fingerprint density at radius 3 is 1.65 bits per heavy atom. The maximum atomic E-state index is 12.9. The van der Waals surface area contributed by atoms with Gasteiger partial charge in [-0.15, -0.1) is 0 Å². The summed E-state index contributed by atoms with van der Waals surface area (Å²) in [6.45, 7) is 3.59. The van der Waals surface area contributed by atoms with Gasteiger partial charge in [0.25, 0.3) is 0 Å². The van der Waals surface area contributed by atoms with E-state index in [0.717, 1.165) is 51.4 Å². The van der Waals surface area contributed by atoms with Crippen molar-refractivity contribution >= 4 is 5.91 Å². The number of hydrogen-bond donors (Lipinski definition) is 7. The van der Waals surface area contributed by atoms with Gasteiger partial charge in [-0.05, 0) is 32.1 Å². The Kier molecular flexibility index (Phi) is 30.4. The highest BCUT2D eigenvalue weighted by molar-refractivity contribution is 5.80. The Hall–Kier alpha value is -1.11. The third-order valence-electron chi connectivity index (χ3n) is 10.2. The summed E-state index contributed by atoms with van der Waals surface area (Å²) < 4.78 is 11.1. The first-order valence-electron chi connectivity index (χ1n) is 21.0. The summed E-state index contributed by atoms with van der Waals surface area (Å²) in [5, 5.41) is 64.5. The molecular formula is C41H79NO9. The summed E-state index contributed by atoms with van der Waals surface area (Å²) in [6, 6.07) is -0.895. The molecule has 10 heteroatoms. The maximum absolute atomic E-state index is 12.9. The average Bonchev–Trinajstić information content (AvgIpc) is 3.13. The van der Waals surface area contributed by atoms with Gasteiger partial charge in [-0.2, -0.15) is 0 Å². The lowest BCUT2D eigenvalue weighted by Crippen LogP contribution is -2.60. The van der Waals surface area contributed by atoms with E-state index in [-0.39, 0.29) is 6.61 Å². The number of aliphatic hydroxyl groups excluding tert-OH is 6. The van der Waals surface area contributed by atoms with Crippen LogP contribution in [0.5, 0.6) is 0 Å². The summed E-state index contributed by atoms with van der Waals surface area (Å²) in [6.07, 6.45) is 24.2. The second kappa shape index (κ2) is 32.3. The number of ether oxygens (including phenoxy) is 2.